The Hall–Kier alpha value is -1.09. The molecule has 0 aliphatic heterocycles. The normalized spacial score (nSPS) is 9.88. The zero-order chi connectivity index (χ0) is 12.0. The lowest BCUT2D eigenvalue weighted by Gasteiger charge is -2.08. The van der Waals surface area contributed by atoms with Crippen LogP contribution in [0.25, 0.3) is 0 Å². The minimum atomic E-state index is -0.261. The molecule has 0 saturated carbocycles. The number of carbonyl (C=O) groups excluding carboxylic acids is 1. The number of esters is 1. The Kier molecular flexibility index (Phi) is 5.26. The molecule has 0 bridgehead atoms. The topological polar surface area (TPSA) is 26.3 Å². The van der Waals surface area contributed by atoms with Gasteiger partial charge >= 0.3 is 5.97 Å². The van der Waals surface area contributed by atoms with Crippen molar-refractivity contribution < 1.29 is 9.53 Å². The van der Waals surface area contributed by atoms with Gasteiger partial charge in [-0.3, -0.25) is 0 Å². The van der Waals surface area contributed by atoms with Gasteiger partial charge in [-0.1, -0.05) is 28.1 Å². The van der Waals surface area contributed by atoms with Crippen molar-refractivity contribution in [2.24, 2.45) is 0 Å². The number of ether oxygens (including phenoxy) is 1. The van der Waals surface area contributed by atoms with Crippen molar-refractivity contribution in [1.29, 1.82) is 0 Å². The highest BCUT2D eigenvalue weighted by atomic mass is 79.9. The van der Waals surface area contributed by atoms with Gasteiger partial charge < -0.3 is 4.74 Å². The number of halogens is 1. The monoisotopic (exact) mass is 282 g/mol. The van der Waals surface area contributed by atoms with Crippen LogP contribution in [-0.2, 0) is 11.2 Å². The van der Waals surface area contributed by atoms with Gasteiger partial charge in [0.1, 0.15) is 0 Å². The zero-order valence-corrected chi connectivity index (χ0v) is 10.9. The van der Waals surface area contributed by atoms with Gasteiger partial charge in [0.2, 0.25) is 0 Å². The van der Waals surface area contributed by atoms with E-state index in [1.807, 2.05) is 18.2 Å². The van der Waals surface area contributed by atoms with Gasteiger partial charge in [0.05, 0.1) is 12.2 Å². The van der Waals surface area contributed by atoms with Crippen molar-refractivity contribution in [3.8, 4) is 0 Å². The average Bonchev–Trinajstić information content (AvgIpc) is 2.27. The van der Waals surface area contributed by atoms with Crippen LogP contribution in [0.2, 0.25) is 0 Å². The van der Waals surface area contributed by atoms with Gasteiger partial charge in [0.25, 0.3) is 0 Å². The smallest absolute Gasteiger partial charge is 0.338 e. The predicted octanol–water partition coefficient (Wildman–Crippen LogP) is 3.74. The maximum absolute atomic E-state index is 11.7. The van der Waals surface area contributed by atoms with Crippen LogP contribution in [0, 0.1) is 0 Å². The highest BCUT2D eigenvalue weighted by Crippen LogP contribution is 2.19. The van der Waals surface area contributed by atoms with Crippen molar-refractivity contribution in [3.05, 3.63) is 46.5 Å². The molecule has 0 unspecified atom stereocenters. The highest BCUT2D eigenvalue weighted by Gasteiger charge is 2.12. The third-order valence-corrected chi connectivity index (χ3v) is 2.68. The molecule has 1 aromatic rings. The Bertz CT molecular complexity index is 386. The molecule has 2 nitrogen and oxygen atoms in total. The molecule has 86 valence electrons. The van der Waals surface area contributed by atoms with E-state index in [4.69, 9.17) is 4.74 Å². The number of allylic oxidation sites excluding steroid dienone is 1. The number of hydrogen-bond acceptors (Lipinski definition) is 2. The van der Waals surface area contributed by atoms with Gasteiger partial charge in [-0.05, 0) is 37.5 Å². The molecule has 0 heterocycles. The van der Waals surface area contributed by atoms with Crippen LogP contribution in [-0.4, -0.2) is 12.6 Å². The molecule has 0 aliphatic rings. The van der Waals surface area contributed by atoms with Crippen LogP contribution < -0.4 is 0 Å². The fourth-order valence-electron chi connectivity index (χ4n) is 1.42. The van der Waals surface area contributed by atoms with E-state index >= 15 is 0 Å². The number of rotatable bonds is 5. The quantitative estimate of drug-likeness (QED) is 0.607. The van der Waals surface area contributed by atoms with E-state index in [1.165, 1.54) is 0 Å². The van der Waals surface area contributed by atoms with E-state index in [-0.39, 0.29) is 5.97 Å². The van der Waals surface area contributed by atoms with Gasteiger partial charge in [-0.2, -0.15) is 0 Å². The van der Waals surface area contributed by atoms with E-state index < -0.39 is 0 Å². The Morgan fingerprint density at radius 3 is 2.94 bits per heavy atom. The molecule has 1 aromatic carbocycles. The van der Waals surface area contributed by atoms with Crippen LogP contribution in [0.1, 0.15) is 29.3 Å². The molecular weight excluding hydrogens is 268 g/mol. The van der Waals surface area contributed by atoms with Crippen LogP contribution in [0.15, 0.2) is 35.3 Å². The summed E-state index contributed by atoms with van der Waals surface area (Å²) in [6, 6.07) is 5.68. The van der Waals surface area contributed by atoms with Gasteiger partial charge in [-0.15, -0.1) is 6.58 Å². The largest absolute Gasteiger partial charge is 0.462 e. The third-order valence-electron chi connectivity index (χ3n) is 2.19. The third kappa shape index (κ3) is 3.49. The van der Waals surface area contributed by atoms with Crippen LogP contribution in [0.3, 0.4) is 0 Å². The number of hydrogen-bond donors (Lipinski definition) is 0. The van der Waals surface area contributed by atoms with Gasteiger partial charge in [0.15, 0.2) is 0 Å². The van der Waals surface area contributed by atoms with Gasteiger partial charge in [0, 0.05) is 4.47 Å². The van der Waals surface area contributed by atoms with Crippen molar-refractivity contribution >= 4 is 21.9 Å². The molecule has 0 aromatic heterocycles. The zero-order valence-electron chi connectivity index (χ0n) is 9.33. The van der Waals surface area contributed by atoms with Crippen molar-refractivity contribution in [3.63, 3.8) is 0 Å². The van der Waals surface area contributed by atoms with Crippen molar-refractivity contribution in [2.75, 3.05) is 6.61 Å². The van der Waals surface area contributed by atoms with Crippen molar-refractivity contribution in [1.82, 2.24) is 0 Å². The fourth-order valence-corrected chi connectivity index (χ4v) is 1.78. The van der Waals surface area contributed by atoms with Crippen LogP contribution >= 0.6 is 15.9 Å². The minimum Gasteiger partial charge on any atom is -0.462 e. The Balaban J connectivity index is 2.97. The Morgan fingerprint density at radius 1 is 1.56 bits per heavy atom. The summed E-state index contributed by atoms with van der Waals surface area (Å²) in [6.45, 7) is 5.88. The van der Waals surface area contributed by atoms with E-state index in [2.05, 4.69) is 22.5 Å². The number of carbonyl (C=O) groups is 1. The highest BCUT2D eigenvalue weighted by molar-refractivity contribution is 9.10. The number of benzene rings is 1. The first-order valence-corrected chi connectivity index (χ1v) is 6.04. The predicted molar refractivity (Wildman–Crippen MR) is 68.6 cm³/mol. The molecule has 16 heavy (non-hydrogen) atoms. The SMILES string of the molecule is C=CCCc1ccc(Br)cc1C(=O)OCC. The number of aryl methyl sites for hydroxylation is 1. The van der Waals surface area contributed by atoms with E-state index in [9.17, 15) is 4.79 Å². The standard InChI is InChI=1S/C13H15BrO2/c1-3-5-6-10-7-8-11(14)9-12(10)13(15)16-4-2/h3,7-9H,1,4-6H2,2H3. The molecule has 0 spiro atoms. The lowest BCUT2D eigenvalue weighted by Crippen LogP contribution is -2.08. The molecule has 0 N–H and O–H groups in total. The molecule has 0 aliphatic carbocycles. The minimum absolute atomic E-state index is 0.261. The van der Waals surface area contributed by atoms with Crippen LogP contribution in [0.5, 0.6) is 0 Å². The van der Waals surface area contributed by atoms with Gasteiger partial charge in [-0.25, -0.2) is 4.79 Å². The Morgan fingerprint density at radius 2 is 2.31 bits per heavy atom. The van der Waals surface area contributed by atoms with E-state index in [0.29, 0.717) is 12.2 Å². The second kappa shape index (κ2) is 6.48. The summed E-state index contributed by atoms with van der Waals surface area (Å²) < 4.78 is 5.90. The summed E-state index contributed by atoms with van der Waals surface area (Å²) in [5, 5.41) is 0. The second-order valence-electron chi connectivity index (χ2n) is 3.35. The molecular formula is C13H15BrO2. The summed E-state index contributed by atoms with van der Waals surface area (Å²) in [5.41, 5.74) is 1.64. The Labute approximate surface area is 104 Å². The molecule has 0 fully saturated rings. The first kappa shape index (κ1) is 13.0. The van der Waals surface area contributed by atoms with E-state index in [1.54, 1.807) is 13.0 Å². The summed E-state index contributed by atoms with van der Waals surface area (Å²) in [7, 11) is 0. The fraction of sp³-hybridized carbons (Fsp3) is 0.308. The molecule has 0 radical (unpaired) electrons. The summed E-state index contributed by atoms with van der Waals surface area (Å²) in [6.07, 6.45) is 3.51. The lowest BCUT2D eigenvalue weighted by molar-refractivity contribution is 0.0525. The first-order valence-electron chi connectivity index (χ1n) is 5.25. The maximum Gasteiger partial charge on any atom is 0.338 e. The second-order valence-corrected chi connectivity index (χ2v) is 4.26. The molecule has 3 heteroatoms. The average molecular weight is 283 g/mol. The first-order chi connectivity index (χ1) is 7.69. The van der Waals surface area contributed by atoms with Crippen molar-refractivity contribution in [2.45, 2.75) is 19.8 Å². The summed E-state index contributed by atoms with van der Waals surface area (Å²) in [4.78, 5) is 11.7. The molecule has 0 atom stereocenters. The molecule has 0 amide bonds. The molecule has 1 rings (SSSR count). The summed E-state index contributed by atoms with van der Waals surface area (Å²) in [5.74, 6) is -0.261. The maximum atomic E-state index is 11.7. The molecule has 0 saturated heterocycles. The van der Waals surface area contributed by atoms with Crippen LogP contribution in [0.4, 0.5) is 0 Å². The lowest BCUT2D eigenvalue weighted by atomic mass is 10.0. The van der Waals surface area contributed by atoms with E-state index in [0.717, 1.165) is 22.9 Å². The summed E-state index contributed by atoms with van der Waals surface area (Å²) >= 11 is 3.36.